The number of nitrogens with one attached hydrogen (secondary N) is 1. The molecular weight excluding hydrogens is 239 g/mol. The van der Waals surface area contributed by atoms with Gasteiger partial charge in [-0.25, -0.2) is 0 Å². The highest BCUT2D eigenvalue weighted by atomic mass is 19.4. The van der Waals surface area contributed by atoms with E-state index >= 15 is 0 Å². The van der Waals surface area contributed by atoms with E-state index in [0.717, 1.165) is 0 Å². The highest BCUT2D eigenvalue weighted by molar-refractivity contribution is 5.30. The zero-order chi connectivity index (χ0) is 13.2. The summed E-state index contributed by atoms with van der Waals surface area (Å²) in [7, 11) is 0. The van der Waals surface area contributed by atoms with Crippen molar-refractivity contribution < 1.29 is 23.4 Å². The van der Waals surface area contributed by atoms with Gasteiger partial charge in [0.15, 0.2) is 5.69 Å². The fraction of sp³-hybridized carbons (Fsp3) is 0.556. The Hall–Kier alpha value is -1.59. The van der Waals surface area contributed by atoms with Gasteiger partial charge in [-0.05, 0) is 6.92 Å². The molecule has 94 valence electrons. The van der Waals surface area contributed by atoms with Crippen molar-refractivity contribution in [3.8, 4) is 6.07 Å². The number of aliphatic hydroxyl groups is 2. The quantitative estimate of drug-likeness (QED) is 0.746. The van der Waals surface area contributed by atoms with Gasteiger partial charge in [0.1, 0.15) is 6.10 Å². The second-order valence-electron chi connectivity index (χ2n) is 3.48. The van der Waals surface area contributed by atoms with Crippen molar-refractivity contribution >= 4 is 0 Å². The molecule has 5 nitrogen and oxygen atoms in total. The van der Waals surface area contributed by atoms with Gasteiger partial charge in [0, 0.05) is 11.3 Å². The maximum atomic E-state index is 12.5. The van der Waals surface area contributed by atoms with Crippen LogP contribution >= 0.6 is 0 Å². The summed E-state index contributed by atoms with van der Waals surface area (Å²) < 4.78 is 37.6. The topological polar surface area (TPSA) is 92.9 Å². The number of alkyl halides is 3. The van der Waals surface area contributed by atoms with Gasteiger partial charge in [-0.3, -0.25) is 5.10 Å². The van der Waals surface area contributed by atoms with Gasteiger partial charge in [-0.2, -0.15) is 23.5 Å². The molecule has 1 aromatic heterocycles. The number of aliphatic hydroxyl groups excluding tert-OH is 2. The minimum Gasteiger partial charge on any atom is -0.389 e. The molecule has 0 aliphatic heterocycles. The summed E-state index contributed by atoms with van der Waals surface area (Å²) in [5.74, 6) is 0. The van der Waals surface area contributed by atoms with Gasteiger partial charge in [0.05, 0.1) is 18.6 Å². The lowest BCUT2D eigenvalue weighted by atomic mass is 10.0. The second-order valence-corrected chi connectivity index (χ2v) is 3.48. The molecule has 2 atom stereocenters. The molecule has 17 heavy (non-hydrogen) atoms. The summed E-state index contributed by atoms with van der Waals surface area (Å²) >= 11 is 0. The lowest BCUT2D eigenvalue weighted by Crippen LogP contribution is -2.21. The minimum atomic E-state index is -4.73. The van der Waals surface area contributed by atoms with Crippen LogP contribution < -0.4 is 0 Å². The van der Waals surface area contributed by atoms with Gasteiger partial charge in [-0.1, -0.05) is 0 Å². The lowest BCUT2D eigenvalue weighted by molar-refractivity contribution is -0.143. The number of hydrogen-bond donors (Lipinski definition) is 3. The molecule has 0 aliphatic carbocycles. The normalized spacial score (nSPS) is 15.4. The molecule has 0 bridgehead atoms. The van der Waals surface area contributed by atoms with Gasteiger partial charge >= 0.3 is 6.18 Å². The third-order valence-electron chi connectivity index (χ3n) is 2.22. The Labute approximate surface area is 94.5 Å². The fourth-order valence-electron chi connectivity index (χ4n) is 1.41. The molecule has 0 fully saturated rings. The van der Waals surface area contributed by atoms with Gasteiger partial charge < -0.3 is 10.2 Å². The molecule has 0 saturated heterocycles. The number of nitriles is 1. The number of nitrogens with zero attached hydrogens (tertiary/aromatic N) is 2. The van der Waals surface area contributed by atoms with Gasteiger partial charge in [-0.15, -0.1) is 0 Å². The van der Waals surface area contributed by atoms with Crippen LogP contribution in [0.4, 0.5) is 13.2 Å². The number of hydrogen-bond acceptors (Lipinski definition) is 4. The Morgan fingerprint density at radius 2 is 2.06 bits per heavy atom. The number of halogens is 3. The van der Waals surface area contributed by atoms with Crippen LogP contribution in [0.5, 0.6) is 0 Å². The molecule has 0 saturated carbocycles. The average Bonchev–Trinajstić information content (AvgIpc) is 2.59. The minimum absolute atomic E-state index is 0.00168. The molecule has 1 heterocycles. The number of aromatic nitrogens is 2. The molecule has 8 heteroatoms. The van der Waals surface area contributed by atoms with Crippen molar-refractivity contribution in [3.63, 3.8) is 0 Å². The molecule has 0 spiro atoms. The number of rotatable bonds is 3. The molecule has 3 N–H and O–H groups in total. The van der Waals surface area contributed by atoms with E-state index in [1.54, 1.807) is 6.07 Å². The van der Waals surface area contributed by atoms with Crippen LogP contribution in [0.2, 0.25) is 0 Å². The lowest BCUT2D eigenvalue weighted by Gasteiger charge is -2.17. The first-order chi connectivity index (χ1) is 7.79. The van der Waals surface area contributed by atoms with Crippen LogP contribution in [-0.4, -0.2) is 26.5 Å². The van der Waals surface area contributed by atoms with E-state index < -0.39 is 36.1 Å². The largest absolute Gasteiger partial charge is 0.435 e. The summed E-state index contributed by atoms with van der Waals surface area (Å²) in [6.45, 7) is 1.29. The first-order valence-corrected chi connectivity index (χ1v) is 4.64. The number of aromatic amines is 1. The SMILES string of the molecule is Cc1[nH]nc(C(F)(F)F)c1C(O)C(O)CC#N. The molecule has 0 aromatic carbocycles. The number of aryl methyl sites for hydroxylation is 1. The van der Waals surface area contributed by atoms with Crippen LogP contribution in [0.15, 0.2) is 0 Å². The highest BCUT2D eigenvalue weighted by Gasteiger charge is 2.40. The predicted molar refractivity (Wildman–Crippen MR) is 49.5 cm³/mol. The van der Waals surface area contributed by atoms with Crippen molar-refractivity contribution in [2.75, 3.05) is 0 Å². The predicted octanol–water partition coefficient (Wildman–Crippen LogP) is 1.04. The van der Waals surface area contributed by atoms with Gasteiger partial charge in [0.2, 0.25) is 0 Å². The Kier molecular flexibility index (Phi) is 3.75. The summed E-state index contributed by atoms with van der Waals surface area (Å²) in [5.41, 5.74) is -1.80. The first kappa shape index (κ1) is 13.5. The summed E-state index contributed by atoms with van der Waals surface area (Å²) in [5, 5.41) is 32.4. The van der Waals surface area contributed by atoms with E-state index in [0.29, 0.717) is 0 Å². The van der Waals surface area contributed by atoms with Crippen molar-refractivity contribution in [1.82, 2.24) is 10.2 Å². The zero-order valence-electron chi connectivity index (χ0n) is 8.78. The first-order valence-electron chi connectivity index (χ1n) is 4.64. The van der Waals surface area contributed by atoms with E-state index in [9.17, 15) is 23.4 Å². The van der Waals surface area contributed by atoms with Crippen LogP contribution in [0, 0.1) is 18.3 Å². The summed E-state index contributed by atoms with van der Waals surface area (Å²) in [4.78, 5) is 0. The maximum absolute atomic E-state index is 12.5. The molecule has 1 aromatic rings. The molecule has 1 rings (SSSR count). The van der Waals surface area contributed by atoms with E-state index in [1.165, 1.54) is 6.92 Å². The van der Waals surface area contributed by atoms with E-state index in [2.05, 4.69) is 10.2 Å². The van der Waals surface area contributed by atoms with Crippen molar-refractivity contribution in [3.05, 3.63) is 17.0 Å². The third-order valence-corrected chi connectivity index (χ3v) is 2.22. The van der Waals surface area contributed by atoms with E-state index in [-0.39, 0.29) is 5.69 Å². The molecule has 0 aliphatic rings. The Bertz CT molecular complexity index is 436. The van der Waals surface area contributed by atoms with Gasteiger partial charge in [0.25, 0.3) is 0 Å². The monoisotopic (exact) mass is 249 g/mol. The average molecular weight is 249 g/mol. The summed E-state index contributed by atoms with van der Waals surface area (Å²) in [6.07, 6.45) is -8.58. The van der Waals surface area contributed by atoms with E-state index in [4.69, 9.17) is 5.26 Å². The van der Waals surface area contributed by atoms with Crippen molar-refractivity contribution in [2.45, 2.75) is 31.7 Å². The Morgan fingerprint density at radius 1 is 1.47 bits per heavy atom. The van der Waals surface area contributed by atoms with Crippen molar-refractivity contribution in [2.24, 2.45) is 0 Å². The van der Waals surface area contributed by atoms with Crippen LogP contribution in [0.25, 0.3) is 0 Å². The van der Waals surface area contributed by atoms with E-state index in [1.807, 2.05) is 0 Å². The van der Waals surface area contributed by atoms with Crippen LogP contribution in [0.1, 0.15) is 29.5 Å². The zero-order valence-corrected chi connectivity index (χ0v) is 8.78. The fourth-order valence-corrected chi connectivity index (χ4v) is 1.41. The van der Waals surface area contributed by atoms with Crippen LogP contribution in [-0.2, 0) is 6.18 Å². The number of H-pyrrole nitrogens is 1. The smallest absolute Gasteiger partial charge is 0.389 e. The molecule has 0 amide bonds. The Balaban J connectivity index is 3.13. The van der Waals surface area contributed by atoms with Crippen LogP contribution in [0.3, 0.4) is 0 Å². The summed E-state index contributed by atoms with van der Waals surface area (Å²) in [6, 6.07) is 1.57. The standard InChI is InChI=1S/C9H10F3N3O2/c1-4-6(7(17)5(16)2-3-13)8(15-14-4)9(10,11)12/h5,7,16-17H,2H2,1H3,(H,14,15). The highest BCUT2D eigenvalue weighted by Crippen LogP contribution is 2.35. The maximum Gasteiger partial charge on any atom is 0.435 e. The molecule has 0 radical (unpaired) electrons. The third kappa shape index (κ3) is 2.75. The van der Waals surface area contributed by atoms with Crippen molar-refractivity contribution in [1.29, 1.82) is 5.26 Å². The Morgan fingerprint density at radius 3 is 2.53 bits per heavy atom. The molecule has 2 unspecified atom stereocenters. The molecular formula is C9H10F3N3O2. The second kappa shape index (κ2) is 4.73.